The first-order valence-electron chi connectivity index (χ1n) is 9.08. The van der Waals surface area contributed by atoms with Crippen LogP contribution >= 0.6 is 0 Å². The molecule has 0 fully saturated rings. The van der Waals surface area contributed by atoms with E-state index in [-0.39, 0.29) is 6.61 Å². The molecule has 0 saturated heterocycles. The van der Waals surface area contributed by atoms with E-state index in [0.717, 1.165) is 5.41 Å². The fourth-order valence-electron chi connectivity index (χ4n) is 2.53. The van der Waals surface area contributed by atoms with Gasteiger partial charge in [0, 0.05) is 5.41 Å². The summed E-state index contributed by atoms with van der Waals surface area (Å²) in [5.41, 5.74) is 5.08. The van der Waals surface area contributed by atoms with Gasteiger partial charge >= 0.3 is 0 Å². The maximum absolute atomic E-state index is 12.2. The molecule has 2 atom stereocenters. The molecule has 2 aromatic rings. The van der Waals surface area contributed by atoms with Crippen molar-refractivity contribution in [3.63, 3.8) is 0 Å². The molecule has 0 aromatic heterocycles. The Bertz CT molecular complexity index is 1040. The Labute approximate surface area is 174 Å². The monoisotopic (exact) mass is 431 g/mol. The van der Waals surface area contributed by atoms with Crippen LogP contribution in [0.4, 0.5) is 0 Å². The number of carbonyl (C=O) groups is 2. The Kier molecular flexibility index (Phi) is 6.70. The molecule has 2 unspecified atom stereocenters. The molecule has 2 aromatic carbocycles. The van der Waals surface area contributed by atoms with Gasteiger partial charge in [-0.2, -0.15) is 4.72 Å². The van der Waals surface area contributed by atoms with Crippen LogP contribution in [0.25, 0.3) is 6.08 Å². The van der Waals surface area contributed by atoms with E-state index in [1.807, 2.05) is 6.07 Å². The lowest BCUT2D eigenvalue weighted by Crippen LogP contribution is -2.54. The Morgan fingerprint density at radius 2 is 1.70 bits per heavy atom. The number of sulfonamides is 1. The number of amides is 2. The predicted octanol–water partition coefficient (Wildman–Crippen LogP) is 0.953. The first-order valence-corrected chi connectivity index (χ1v) is 10.6. The number of para-hydroxylation sites is 2. The van der Waals surface area contributed by atoms with E-state index in [1.54, 1.807) is 48.5 Å². The summed E-state index contributed by atoms with van der Waals surface area (Å²) in [6.45, 7) is 1.33. The average molecular weight is 431 g/mol. The summed E-state index contributed by atoms with van der Waals surface area (Å²) < 4.78 is 37.4. The van der Waals surface area contributed by atoms with Crippen LogP contribution in [0, 0.1) is 0 Å². The predicted molar refractivity (Wildman–Crippen MR) is 110 cm³/mol. The van der Waals surface area contributed by atoms with E-state index in [4.69, 9.17) is 9.47 Å². The minimum Gasteiger partial charge on any atom is -0.485 e. The number of hydrogen-bond acceptors (Lipinski definition) is 6. The van der Waals surface area contributed by atoms with Crippen molar-refractivity contribution < 1.29 is 27.5 Å². The maximum atomic E-state index is 12.2. The highest BCUT2D eigenvalue weighted by atomic mass is 32.2. The molecular formula is C20H21N3O6S. The summed E-state index contributed by atoms with van der Waals surface area (Å²) in [6.07, 6.45) is 0.452. The van der Waals surface area contributed by atoms with Gasteiger partial charge in [0.05, 0.1) is 6.04 Å². The van der Waals surface area contributed by atoms with E-state index in [0.29, 0.717) is 17.1 Å². The fraction of sp³-hybridized carbons (Fsp3) is 0.200. The summed E-state index contributed by atoms with van der Waals surface area (Å²) >= 11 is 0. The van der Waals surface area contributed by atoms with Crippen LogP contribution in [0.3, 0.4) is 0 Å². The fourth-order valence-corrected chi connectivity index (χ4v) is 3.55. The van der Waals surface area contributed by atoms with Gasteiger partial charge in [0.15, 0.2) is 11.5 Å². The number of fused-ring (bicyclic) bond motifs is 1. The van der Waals surface area contributed by atoms with Gasteiger partial charge < -0.3 is 9.47 Å². The van der Waals surface area contributed by atoms with Gasteiger partial charge in [-0.25, -0.2) is 8.42 Å². The Morgan fingerprint density at radius 3 is 2.43 bits per heavy atom. The van der Waals surface area contributed by atoms with E-state index in [1.165, 1.54) is 13.0 Å². The topological polar surface area (TPSA) is 123 Å². The molecule has 1 aliphatic rings. The molecule has 3 N–H and O–H groups in total. The molecule has 0 radical (unpaired) electrons. The van der Waals surface area contributed by atoms with Gasteiger partial charge in [-0.05, 0) is 30.7 Å². The third kappa shape index (κ3) is 5.82. The van der Waals surface area contributed by atoms with Crippen molar-refractivity contribution in [3.05, 3.63) is 65.6 Å². The van der Waals surface area contributed by atoms with Crippen molar-refractivity contribution >= 4 is 27.9 Å². The van der Waals surface area contributed by atoms with Crippen molar-refractivity contribution in [3.8, 4) is 11.5 Å². The molecule has 2 amide bonds. The number of nitrogens with one attached hydrogen (secondary N) is 3. The van der Waals surface area contributed by atoms with Crippen LogP contribution in [-0.2, 0) is 19.6 Å². The minimum atomic E-state index is -3.87. The molecule has 1 aliphatic heterocycles. The van der Waals surface area contributed by atoms with Crippen molar-refractivity contribution in [2.45, 2.75) is 19.1 Å². The van der Waals surface area contributed by atoms with Crippen LogP contribution in [0.2, 0.25) is 0 Å². The molecular weight excluding hydrogens is 410 g/mol. The Morgan fingerprint density at radius 1 is 1.03 bits per heavy atom. The van der Waals surface area contributed by atoms with Gasteiger partial charge in [0.2, 0.25) is 16.1 Å². The number of benzene rings is 2. The molecule has 0 aliphatic carbocycles. The molecule has 10 heteroatoms. The van der Waals surface area contributed by atoms with E-state index < -0.39 is 34.0 Å². The second-order valence-corrected chi connectivity index (χ2v) is 8.04. The normalized spacial score (nSPS) is 16.6. The highest BCUT2D eigenvalue weighted by Gasteiger charge is 2.28. The Balaban J connectivity index is 1.48. The lowest BCUT2D eigenvalue weighted by atomic mass is 10.2. The highest BCUT2D eigenvalue weighted by molar-refractivity contribution is 7.92. The van der Waals surface area contributed by atoms with Gasteiger partial charge in [-0.3, -0.25) is 20.4 Å². The smallest absolute Gasteiger partial charge is 0.283 e. The van der Waals surface area contributed by atoms with Gasteiger partial charge in [0.25, 0.3) is 11.8 Å². The number of rotatable bonds is 6. The zero-order valence-electron chi connectivity index (χ0n) is 16.1. The zero-order valence-corrected chi connectivity index (χ0v) is 16.9. The molecule has 9 nitrogen and oxygen atoms in total. The SMILES string of the molecule is CC(NS(=O)(=O)C=Cc1ccccc1)C(=O)NNC(=O)C1COc2ccccc2O1. The molecule has 1 heterocycles. The largest absolute Gasteiger partial charge is 0.485 e. The van der Waals surface area contributed by atoms with Crippen molar-refractivity contribution in [1.29, 1.82) is 0 Å². The van der Waals surface area contributed by atoms with Gasteiger partial charge in [-0.15, -0.1) is 0 Å². The first-order chi connectivity index (χ1) is 14.3. The summed E-state index contributed by atoms with van der Waals surface area (Å²) in [5, 5.41) is 0.968. The standard InChI is InChI=1S/C20H21N3O6S/c1-14(23-30(26,27)12-11-15-7-3-2-4-8-15)19(24)21-22-20(25)18-13-28-16-9-5-6-10-17(16)29-18/h2-12,14,18,23H,13H2,1H3,(H,21,24)(H,22,25). The van der Waals surface area contributed by atoms with Crippen LogP contribution in [-0.4, -0.2) is 39.0 Å². The molecule has 3 rings (SSSR count). The molecule has 30 heavy (non-hydrogen) atoms. The lowest BCUT2D eigenvalue weighted by molar-refractivity contribution is -0.135. The summed E-state index contributed by atoms with van der Waals surface area (Å²) in [6, 6.07) is 14.6. The quantitative estimate of drug-likeness (QED) is 0.586. The summed E-state index contributed by atoms with van der Waals surface area (Å²) in [5.74, 6) is -0.423. The lowest BCUT2D eigenvalue weighted by Gasteiger charge is -2.25. The first kappa shape index (κ1) is 21.3. The second kappa shape index (κ2) is 9.42. The Hall–Kier alpha value is -3.37. The van der Waals surface area contributed by atoms with Crippen molar-refractivity contribution in [1.82, 2.24) is 15.6 Å². The van der Waals surface area contributed by atoms with Crippen LogP contribution in [0.1, 0.15) is 12.5 Å². The van der Waals surface area contributed by atoms with Gasteiger partial charge in [-0.1, -0.05) is 42.5 Å². The summed E-state index contributed by atoms with van der Waals surface area (Å²) in [7, 11) is -3.87. The van der Waals surface area contributed by atoms with Crippen LogP contribution < -0.4 is 25.0 Å². The molecule has 0 bridgehead atoms. The number of ether oxygens (including phenoxy) is 2. The van der Waals surface area contributed by atoms with Crippen LogP contribution in [0.5, 0.6) is 11.5 Å². The summed E-state index contributed by atoms with van der Waals surface area (Å²) in [4.78, 5) is 24.3. The third-order valence-electron chi connectivity index (χ3n) is 4.08. The van der Waals surface area contributed by atoms with Crippen molar-refractivity contribution in [2.75, 3.05) is 6.61 Å². The van der Waals surface area contributed by atoms with E-state index in [2.05, 4.69) is 15.6 Å². The average Bonchev–Trinajstić information content (AvgIpc) is 2.76. The van der Waals surface area contributed by atoms with Gasteiger partial charge in [0.1, 0.15) is 6.61 Å². The number of hydrazine groups is 1. The maximum Gasteiger partial charge on any atom is 0.283 e. The minimum absolute atomic E-state index is 0.0226. The molecule has 158 valence electrons. The van der Waals surface area contributed by atoms with E-state index in [9.17, 15) is 18.0 Å². The van der Waals surface area contributed by atoms with Crippen molar-refractivity contribution in [2.24, 2.45) is 0 Å². The molecule has 0 spiro atoms. The molecule has 0 saturated carbocycles. The number of carbonyl (C=O) groups excluding carboxylic acids is 2. The third-order valence-corrected chi connectivity index (χ3v) is 5.26. The van der Waals surface area contributed by atoms with Crippen LogP contribution in [0.15, 0.2) is 60.0 Å². The second-order valence-electron chi connectivity index (χ2n) is 6.44. The number of hydrogen-bond donors (Lipinski definition) is 3. The van der Waals surface area contributed by atoms with E-state index >= 15 is 0 Å². The highest BCUT2D eigenvalue weighted by Crippen LogP contribution is 2.30. The zero-order chi connectivity index (χ0) is 21.6.